The van der Waals surface area contributed by atoms with Crippen LogP contribution in [-0.2, 0) is 40.8 Å². The minimum Gasteiger partial charge on any atom is -0.387 e. The van der Waals surface area contributed by atoms with Crippen LogP contribution in [0.3, 0.4) is 0 Å². The van der Waals surface area contributed by atoms with Crippen LogP contribution in [0.1, 0.15) is 12.5 Å². The van der Waals surface area contributed by atoms with E-state index in [1.807, 2.05) is 0 Å². The van der Waals surface area contributed by atoms with Gasteiger partial charge in [0.25, 0.3) is 0 Å². The maximum atomic E-state index is 12.4. The van der Waals surface area contributed by atoms with Crippen molar-refractivity contribution >= 4 is 57.4 Å². The zero-order valence-electron chi connectivity index (χ0n) is 24.2. The molecule has 3 unspecified atom stereocenters. The number of phosphoric acid groups is 3. The Hall–Kier alpha value is -3.13. The molecule has 4 aromatic heterocycles. The Morgan fingerprint density at radius 3 is 1.41 bits per heavy atom. The molecule has 0 saturated carbocycles. The van der Waals surface area contributed by atoms with Gasteiger partial charge in [0, 0.05) is 0 Å². The highest BCUT2D eigenvalue weighted by atomic mass is 31.3. The summed E-state index contributed by atoms with van der Waals surface area (Å²) in [4.78, 5) is 53.5. The van der Waals surface area contributed by atoms with Crippen molar-refractivity contribution in [3.63, 3.8) is 0 Å². The fourth-order valence-electron chi connectivity index (χ4n) is 4.96. The molecule has 2 aliphatic rings. The second-order valence-corrected chi connectivity index (χ2v) is 15.1. The Morgan fingerprint density at radius 1 is 0.633 bits per heavy atom. The molecule has 26 nitrogen and oxygen atoms in total. The van der Waals surface area contributed by atoms with Crippen molar-refractivity contribution in [1.29, 1.82) is 0 Å². The van der Waals surface area contributed by atoms with E-state index in [2.05, 4.69) is 47.6 Å². The molecule has 0 aromatic carbocycles. The largest absolute Gasteiger partial charge is 0.490 e. The van der Waals surface area contributed by atoms with Crippen LogP contribution in [0.2, 0.25) is 0 Å². The number of aromatic nitrogens is 8. The zero-order chi connectivity index (χ0) is 35.5. The number of hydrogen-bond acceptors (Lipinski definition) is 21. The second kappa shape index (κ2) is 13.2. The molecule has 0 aliphatic carbocycles. The summed E-state index contributed by atoms with van der Waals surface area (Å²) in [6.45, 7) is -2.05. The van der Waals surface area contributed by atoms with Crippen molar-refractivity contribution in [2.45, 2.75) is 49.1 Å². The summed E-state index contributed by atoms with van der Waals surface area (Å²) in [5.41, 5.74) is 12.0. The predicted octanol–water partition coefficient (Wildman–Crippen LogP) is -2.56. The van der Waals surface area contributed by atoms with Gasteiger partial charge >= 0.3 is 23.5 Å². The smallest absolute Gasteiger partial charge is 0.387 e. The lowest BCUT2D eigenvalue weighted by molar-refractivity contribution is -0.0510. The molecule has 268 valence electrons. The number of nitrogens with zero attached hydrogens (tertiary/aromatic N) is 8. The SMILES string of the molecule is Nc1ncnc2c1ncn2[C@@H]1O[C@H](COP(=O)(O)OP(=O)(O)OP(=O)(O)OC[C@@H]2O[C@H](n3cnc4c(N)ncnc43)[C@H](O)[C@@H]2O)[C@@H](O)[C@H]1O. The van der Waals surface area contributed by atoms with E-state index in [0.29, 0.717) is 0 Å². The van der Waals surface area contributed by atoms with Gasteiger partial charge in [0.15, 0.2) is 35.4 Å². The van der Waals surface area contributed by atoms with Crippen LogP contribution in [-0.4, -0.2) is 124 Å². The van der Waals surface area contributed by atoms with Gasteiger partial charge in [-0.2, -0.15) is 8.62 Å². The number of fused-ring (bicyclic) bond motifs is 2. The highest BCUT2D eigenvalue weighted by molar-refractivity contribution is 7.66. The molecule has 6 rings (SSSR count). The normalized spacial score (nSPS) is 31.2. The number of aliphatic hydroxyl groups excluding tert-OH is 4. The van der Waals surface area contributed by atoms with Crippen molar-refractivity contribution in [2.75, 3.05) is 24.7 Å². The monoisotopic (exact) mass is 756 g/mol. The van der Waals surface area contributed by atoms with Crippen LogP contribution in [0.4, 0.5) is 11.6 Å². The zero-order valence-corrected chi connectivity index (χ0v) is 26.9. The van der Waals surface area contributed by atoms with Gasteiger partial charge in [0.2, 0.25) is 0 Å². The third-order valence-electron chi connectivity index (χ3n) is 7.21. The number of nitrogens with two attached hydrogens (primary N) is 2. The van der Waals surface area contributed by atoms with Gasteiger partial charge in [-0.05, 0) is 0 Å². The molecule has 11 atom stereocenters. The maximum absolute atomic E-state index is 12.4. The number of phosphoric ester groups is 2. The summed E-state index contributed by atoms with van der Waals surface area (Å²) < 4.78 is 67.9. The molecule has 0 bridgehead atoms. The number of hydrogen-bond donors (Lipinski definition) is 9. The number of imidazole rings is 2. The van der Waals surface area contributed by atoms with Gasteiger partial charge in [0.05, 0.1) is 25.9 Å². The van der Waals surface area contributed by atoms with Gasteiger partial charge in [-0.3, -0.25) is 18.2 Å². The molecule has 0 amide bonds. The van der Waals surface area contributed by atoms with Crippen molar-refractivity contribution < 1.29 is 75.9 Å². The van der Waals surface area contributed by atoms with E-state index in [1.165, 1.54) is 21.8 Å². The summed E-state index contributed by atoms with van der Waals surface area (Å²) in [6, 6.07) is 0. The van der Waals surface area contributed by atoms with E-state index in [1.54, 1.807) is 0 Å². The maximum Gasteiger partial charge on any atom is 0.490 e. The molecule has 2 saturated heterocycles. The van der Waals surface area contributed by atoms with E-state index >= 15 is 0 Å². The van der Waals surface area contributed by atoms with Gasteiger partial charge in [-0.25, -0.2) is 43.6 Å². The van der Waals surface area contributed by atoms with Crippen molar-refractivity contribution in [3.05, 3.63) is 25.3 Å². The average molecular weight is 756 g/mol. The average Bonchev–Trinajstić information content (AvgIpc) is 3.77. The van der Waals surface area contributed by atoms with Crippen LogP contribution >= 0.6 is 23.5 Å². The first kappa shape index (κ1) is 35.7. The number of ether oxygens (including phenoxy) is 2. The third-order valence-corrected chi connectivity index (χ3v) is 11.5. The molecule has 0 radical (unpaired) electrons. The third kappa shape index (κ3) is 7.22. The van der Waals surface area contributed by atoms with Gasteiger partial charge in [-0.1, -0.05) is 0 Å². The summed E-state index contributed by atoms with van der Waals surface area (Å²) in [5.74, 6) is 0.0316. The Bertz CT molecular complexity index is 1860. The predicted molar refractivity (Wildman–Crippen MR) is 155 cm³/mol. The standard InChI is InChI=1S/C20H27N10O16P3/c21-15-9-17(25-3-23-15)29(5-27-9)19-13(33)11(31)7(43-19)1-41-47(35,36)45-49(39,40)46-48(37,38)42-2-8-12(32)14(34)20(44-8)30-6-28-10-16(22)24-4-26-18(10)30/h3-8,11-14,19-20,31-34H,1-2H2,(H,35,36)(H,37,38)(H,39,40)(H2,21,23,25)(H2,22,24,26)/t7-,8+,11-,12-,13-,14-,19-,20+/m1/s1. The van der Waals surface area contributed by atoms with Crippen LogP contribution in [0.5, 0.6) is 0 Å². The molecule has 4 aromatic rings. The van der Waals surface area contributed by atoms with E-state index in [4.69, 9.17) is 20.9 Å². The lowest BCUT2D eigenvalue weighted by atomic mass is 10.1. The summed E-state index contributed by atoms with van der Waals surface area (Å²) >= 11 is 0. The van der Waals surface area contributed by atoms with E-state index < -0.39 is 85.8 Å². The Labute approximate surface area is 271 Å². The lowest BCUT2D eigenvalue weighted by Gasteiger charge is -2.21. The highest BCUT2D eigenvalue weighted by Gasteiger charge is 2.49. The summed E-state index contributed by atoms with van der Waals surface area (Å²) in [6.07, 6.45) is -7.97. The Kier molecular flexibility index (Phi) is 9.62. The first-order valence-electron chi connectivity index (χ1n) is 13.6. The van der Waals surface area contributed by atoms with E-state index in [-0.39, 0.29) is 34.0 Å². The first-order valence-corrected chi connectivity index (χ1v) is 18.0. The van der Waals surface area contributed by atoms with Crippen LogP contribution in [0.15, 0.2) is 25.3 Å². The molecule has 29 heteroatoms. The van der Waals surface area contributed by atoms with Crippen molar-refractivity contribution in [1.82, 2.24) is 39.0 Å². The Morgan fingerprint density at radius 2 is 1.02 bits per heavy atom. The fourth-order valence-corrected chi connectivity index (χ4v) is 8.49. The number of rotatable bonds is 12. The molecule has 11 N–H and O–H groups in total. The molecule has 49 heavy (non-hydrogen) atoms. The number of nitrogen functional groups attached to an aromatic ring is 2. The topological polar surface area (TPSA) is 387 Å². The van der Waals surface area contributed by atoms with Crippen LogP contribution in [0, 0.1) is 0 Å². The van der Waals surface area contributed by atoms with Gasteiger partial charge < -0.3 is 56.0 Å². The summed E-state index contributed by atoms with van der Waals surface area (Å²) in [7, 11) is -17.2. The minimum absolute atomic E-state index is 0.0158. The molecule has 0 spiro atoms. The van der Waals surface area contributed by atoms with Gasteiger partial charge in [0.1, 0.15) is 60.3 Å². The van der Waals surface area contributed by atoms with Crippen molar-refractivity contribution in [2.24, 2.45) is 0 Å². The summed E-state index contributed by atoms with van der Waals surface area (Å²) in [5, 5.41) is 41.8. The lowest BCUT2D eigenvalue weighted by Crippen LogP contribution is -2.33. The first-order chi connectivity index (χ1) is 23.0. The highest BCUT2D eigenvalue weighted by Crippen LogP contribution is 2.67. The Balaban J connectivity index is 1.03. The van der Waals surface area contributed by atoms with Crippen LogP contribution in [0.25, 0.3) is 22.3 Å². The van der Waals surface area contributed by atoms with E-state index in [9.17, 15) is 48.8 Å². The minimum atomic E-state index is -5.94. The second-order valence-electron chi connectivity index (χ2n) is 10.4. The molecular formula is C20H27N10O16P3. The van der Waals surface area contributed by atoms with Crippen molar-refractivity contribution in [3.8, 4) is 0 Å². The number of anilines is 2. The van der Waals surface area contributed by atoms with Gasteiger partial charge in [-0.15, -0.1) is 0 Å². The van der Waals surface area contributed by atoms with E-state index in [0.717, 1.165) is 12.7 Å². The number of aliphatic hydroxyl groups is 4. The molecule has 6 heterocycles. The molecule has 2 aliphatic heterocycles. The molecular weight excluding hydrogens is 729 g/mol. The van der Waals surface area contributed by atoms with Crippen LogP contribution < -0.4 is 11.5 Å². The quantitative estimate of drug-likeness (QED) is 0.0671. The molecule has 2 fully saturated rings. The fraction of sp³-hybridized carbons (Fsp3) is 0.500.